The molecule has 8 nitrogen and oxygen atoms in total. The number of rotatable bonds is 9. The zero-order chi connectivity index (χ0) is 25.8. The number of likely N-dealkylation sites (tertiary alicyclic amines) is 1. The Hall–Kier alpha value is -4.20. The average Bonchev–Trinajstić information content (AvgIpc) is 3.53. The Bertz CT molecular complexity index is 1290. The fourth-order valence-electron chi connectivity index (χ4n) is 4.59. The fourth-order valence-corrected chi connectivity index (χ4v) is 4.59. The van der Waals surface area contributed by atoms with Crippen molar-refractivity contribution in [3.63, 3.8) is 0 Å². The van der Waals surface area contributed by atoms with E-state index in [1.54, 1.807) is 30.3 Å². The Morgan fingerprint density at radius 2 is 1.81 bits per heavy atom. The molecule has 192 valence electrons. The number of hydrogen-bond acceptors (Lipinski definition) is 7. The number of unbranched alkanes of at least 4 members (excludes halogenated alkanes) is 2. The van der Waals surface area contributed by atoms with Crippen LogP contribution in [0.2, 0.25) is 0 Å². The summed E-state index contributed by atoms with van der Waals surface area (Å²) < 4.78 is 22.5. The normalized spacial score (nSPS) is 18.3. The van der Waals surface area contributed by atoms with Gasteiger partial charge in [0, 0.05) is 5.56 Å². The van der Waals surface area contributed by atoms with E-state index < -0.39 is 17.7 Å². The number of amides is 1. The van der Waals surface area contributed by atoms with Gasteiger partial charge in [-0.25, -0.2) is 0 Å². The number of aliphatic hydroxyl groups is 1. The van der Waals surface area contributed by atoms with Crippen LogP contribution in [-0.4, -0.2) is 41.5 Å². The number of carbonyl (C=O) groups excluding carboxylic acids is 2. The van der Waals surface area contributed by atoms with E-state index in [4.69, 9.17) is 18.6 Å². The zero-order valence-electron chi connectivity index (χ0n) is 20.6. The second kappa shape index (κ2) is 10.8. The molecule has 8 heteroatoms. The van der Waals surface area contributed by atoms with Crippen LogP contribution in [0.4, 0.5) is 0 Å². The number of Topliss-reactive ketones (excluding diaryl/α,β-unsaturated/α-hetero) is 1. The summed E-state index contributed by atoms with van der Waals surface area (Å²) in [6, 6.07) is 14.9. The molecule has 0 aliphatic carbocycles. The first kappa shape index (κ1) is 24.5. The minimum Gasteiger partial charge on any atom is -0.507 e. The first-order chi connectivity index (χ1) is 18.1. The van der Waals surface area contributed by atoms with Crippen molar-refractivity contribution in [2.24, 2.45) is 0 Å². The molecule has 1 fully saturated rings. The van der Waals surface area contributed by atoms with E-state index >= 15 is 0 Å². The summed E-state index contributed by atoms with van der Waals surface area (Å²) in [6.07, 6.45) is 4.69. The molecule has 5 rings (SSSR count). The number of carbonyl (C=O) groups is 2. The summed E-state index contributed by atoms with van der Waals surface area (Å²) in [5.74, 6) is 0.525. The molecule has 1 aromatic heterocycles. The van der Waals surface area contributed by atoms with Crippen LogP contribution in [0.1, 0.15) is 49.1 Å². The number of furan rings is 1. The van der Waals surface area contributed by atoms with Crippen molar-refractivity contribution in [3.05, 3.63) is 83.3 Å². The van der Waals surface area contributed by atoms with Crippen LogP contribution in [0.5, 0.6) is 17.2 Å². The predicted molar refractivity (Wildman–Crippen MR) is 135 cm³/mol. The second-order valence-corrected chi connectivity index (χ2v) is 8.99. The van der Waals surface area contributed by atoms with Crippen molar-refractivity contribution < 1.29 is 33.3 Å². The maximum Gasteiger partial charge on any atom is 0.296 e. The van der Waals surface area contributed by atoms with Gasteiger partial charge in [-0.05, 0) is 54.4 Å². The molecule has 3 heterocycles. The smallest absolute Gasteiger partial charge is 0.296 e. The number of ether oxygens (including phenoxy) is 3. The van der Waals surface area contributed by atoms with Crippen LogP contribution in [0.15, 0.2) is 70.9 Å². The number of benzene rings is 2. The Morgan fingerprint density at radius 1 is 1.03 bits per heavy atom. The molecule has 0 saturated carbocycles. The van der Waals surface area contributed by atoms with Gasteiger partial charge >= 0.3 is 0 Å². The third kappa shape index (κ3) is 5.05. The standard InChI is InChI=1S/C29H29NO7/c1-2-3-4-13-34-21-10-7-19(8-11-21)26-25(28(32)29(33)30(26)18-22-6-5-14-35-22)27(31)20-9-12-23-24(17-20)37-16-15-36-23/h5-12,14,17,26,31H,2-4,13,15-16,18H2,1H3. The molecule has 3 aromatic rings. The molecular formula is C29H29NO7. The summed E-state index contributed by atoms with van der Waals surface area (Å²) in [6.45, 7) is 3.66. The van der Waals surface area contributed by atoms with Gasteiger partial charge in [-0.3, -0.25) is 9.59 Å². The van der Waals surface area contributed by atoms with Gasteiger partial charge < -0.3 is 28.6 Å². The van der Waals surface area contributed by atoms with Crippen molar-refractivity contribution in [1.82, 2.24) is 4.90 Å². The van der Waals surface area contributed by atoms with Crippen LogP contribution in [0, 0.1) is 0 Å². The number of fused-ring (bicyclic) bond motifs is 1. The molecule has 1 saturated heterocycles. The van der Waals surface area contributed by atoms with Gasteiger partial charge in [-0.2, -0.15) is 0 Å². The van der Waals surface area contributed by atoms with Gasteiger partial charge in [0.1, 0.15) is 30.5 Å². The van der Waals surface area contributed by atoms with E-state index in [-0.39, 0.29) is 17.9 Å². The molecular weight excluding hydrogens is 474 g/mol. The van der Waals surface area contributed by atoms with Gasteiger partial charge in [0.05, 0.1) is 31.0 Å². The molecule has 1 unspecified atom stereocenters. The molecule has 1 N–H and O–H groups in total. The lowest BCUT2D eigenvalue weighted by Gasteiger charge is -2.25. The van der Waals surface area contributed by atoms with E-state index in [2.05, 4.69) is 6.92 Å². The summed E-state index contributed by atoms with van der Waals surface area (Å²) in [5, 5.41) is 11.3. The Labute approximate surface area is 215 Å². The monoisotopic (exact) mass is 503 g/mol. The van der Waals surface area contributed by atoms with Crippen molar-refractivity contribution in [3.8, 4) is 17.2 Å². The predicted octanol–water partition coefficient (Wildman–Crippen LogP) is 5.24. The minimum atomic E-state index is -0.813. The van der Waals surface area contributed by atoms with Crippen molar-refractivity contribution in [2.45, 2.75) is 38.8 Å². The van der Waals surface area contributed by atoms with E-state index in [0.717, 1.165) is 19.3 Å². The van der Waals surface area contributed by atoms with Crippen LogP contribution >= 0.6 is 0 Å². The Kier molecular flexibility index (Phi) is 7.16. The zero-order valence-corrected chi connectivity index (χ0v) is 20.6. The molecule has 2 aliphatic rings. The first-order valence-electron chi connectivity index (χ1n) is 12.5. The number of nitrogens with zero attached hydrogens (tertiary/aromatic N) is 1. The van der Waals surface area contributed by atoms with Crippen molar-refractivity contribution in [1.29, 1.82) is 0 Å². The summed E-state index contributed by atoms with van der Waals surface area (Å²) in [4.78, 5) is 27.9. The summed E-state index contributed by atoms with van der Waals surface area (Å²) in [7, 11) is 0. The maximum atomic E-state index is 13.3. The van der Waals surface area contributed by atoms with E-state index in [1.165, 1.54) is 11.2 Å². The lowest BCUT2D eigenvalue weighted by molar-refractivity contribution is -0.140. The second-order valence-electron chi connectivity index (χ2n) is 8.99. The van der Waals surface area contributed by atoms with Gasteiger partial charge in [-0.15, -0.1) is 0 Å². The van der Waals surface area contributed by atoms with Gasteiger partial charge in [0.25, 0.3) is 11.7 Å². The fraction of sp³-hybridized carbons (Fsp3) is 0.310. The lowest BCUT2D eigenvalue weighted by atomic mass is 9.95. The summed E-state index contributed by atoms with van der Waals surface area (Å²) >= 11 is 0. The maximum absolute atomic E-state index is 13.3. The van der Waals surface area contributed by atoms with E-state index in [1.807, 2.05) is 24.3 Å². The Morgan fingerprint density at radius 3 is 2.54 bits per heavy atom. The lowest BCUT2D eigenvalue weighted by Crippen LogP contribution is -2.29. The molecule has 0 spiro atoms. The molecule has 37 heavy (non-hydrogen) atoms. The van der Waals surface area contributed by atoms with Crippen LogP contribution in [0.3, 0.4) is 0 Å². The number of hydrogen-bond donors (Lipinski definition) is 1. The van der Waals surface area contributed by atoms with Gasteiger partial charge in [0.2, 0.25) is 0 Å². The third-order valence-corrected chi connectivity index (χ3v) is 6.47. The highest BCUT2D eigenvalue weighted by atomic mass is 16.6. The van der Waals surface area contributed by atoms with Crippen LogP contribution < -0.4 is 14.2 Å². The van der Waals surface area contributed by atoms with Crippen LogP contribution in [-0.2, 0) is 16.1 Å². The topological polar surface area (TPSA) is 98.4 Å². The molecule has 0 radical (unpaired) electrons. The third-order valence-electron chi connectivity index (χ3n) is 6.47. The largest absolute Gasteiger partial charge is 0.507 e. The number of ketones is 1. The van der Waals surface area contributed by atoms with E-state index in [9.17, 15) is 14.7 Å². The molecule has 2 aromatic carbocycles. The average molecular weight is 504 g/mol. The number of aliphatic hydroxyl groups excluding tert-OH is 1. The highest BCUT2D eigenvalue weighted by molar-refractivity contribution is 6.46. The molecule has 2 aliphatic heterocycles. The molecule has 0 bridgehead atoms. The Balaban J connectivity index is 1.52. The van der Waals surface area contributed by atoms with Crippen LogP contribution in [0.25, 0.3) is 5.76 Å². The summed E-state index contributed by atoms with van der Waals surface area (Å²) in [5.41, 5.74) is 1.04. The molecule has 1 amide bonds. The highest BCUT2D eigenvalue weighted by Crippen LogP contribution is 2.42. The van der Waals surface area contributed by atoms with Crippen molar-refractivity contribution in [2.75, 3.05) is 19.8 Å². The molecule has 1 atom stereocenters. The quantitative estimate of drug-likeness (QED) is 0.184. The van der Waals surface area contributed by atoms with E-state index in [0.29, 0.717) is 54.0 Å². The van der Waals surface area contributed by atoms with Gasteiger partial charge in [-0.1, -0.05) is 31.9 Å². The van der Waals surface area contributed by atoms with Crippen molar-refractivity contribution >= 4 is 17.4 Å². The minimum absolute atomic E-state index is 0.00449. The SMILES string of the molecule is CCCCCOc1ccc(C2C(=C(O)c3ccc4c(c3)OCCO4)C(=O)C(=O)N2Cc2ccco2)cc1. The first-order valence-corrected chi connectivity index (χ1v) is 12.5. The highest BCUT2D eigenvalue weighted by Gasteiger charge is 2.46. The van der Waals surface area contributed by atoms with Gasteiger partial charge in [0.15, 0.2) is 11.5 Å².